The Hall–Kier alpha value is -4.46. The largest absolute Gasteiger partial charge is 0.497 e. The first kappa shape index (κ1) is 25.6. The molecule has 0 radical (unpaired) electrons. The highest BCUT2D eigenvalue weighted by molar-refractivity contribution is 5.99. The molecule has 4 rings (SSSR count). The predicted molar refractivity (Wildman–Crippen MR) is 141 cm³/mol. The normalized spacial score (nSPS) is 10.7. The van der Waals surface area contributed by atoms with Gasteiger partial charge in [-0.1, -0.05) is 49.7 Å². The van der Waals surface area contributed by atoms with E-state index < -0.39 is 11.7 Å². The van der Waals surface area contributed by atoms with E-state index in [4.69, 9.17) is 9.84 Å². The molecule has 0 saturated heterocycles. The van der Waals surface area contributed by atoms with Crippen LogP contribution in [0.3, 0.4) is 0 Å². The Balaban J connectivity index is 1.60. The van der Waals surface area contributed by atoms with Crippen molar-refractivity contribution in [2.45, 2.75) is 19.8 Å². The second-order valence-electron chi connectivity index (χ2n) is 8.53. The van der Waals surface area contributed by atoms with Crippen LogP contribution >= 0.6 is 0 Å². The van der Waals surface area contributed by atoms with E-state index in [-0.39, 0.29) is 18.0 Å². The quantitative estimate of drug-likeness (QED) is 0.309. The summed E-state index contributed by atoms with van der Waals surface area (Å²) in [5, 5.41) is 7.63. The molecule has 0 fully saturated rings. The van der Waals surface area contributed by atoms with E-state index in [1.54, 1.807) is 23.9 Å². The van der Waals surface area contributed by atoms with E-state index in [2.05, 4.69) is 5.32 Å². The molecule has 8 heteroatoms. The Morgan fingerprint density at radius 3 is 2.43 bits per heavy atom. The van der Waals surface area contributed by atoms with Gasteiger partial charge in [-0.15, -0.1) is 0 Å². The van der Waals surface area contributed by atoms with E-state index in [1.807, 2.05) is 61.5 Å². The number of rotatable bonds is 10. The maximum atomic E-state index is 13.7. The summed E-state index contributed by atoms with van der Waals surface area (Å²) in [6, 6.07) is 24.3. The highest BCUT2D eigenvalue weighted by Gasteiger charge is 2.21. The molecule has 0 unspecified atom stereocenters. The second-order valence-corrected chi connectivity index (χ2v) is 8.53. The molecule has 7 nitrogen and oxygen atoms in total. The smallest absolute Gasteiger partial charge is 0.254 e. The molecule has 4 aromatic rings. The Kier molecular flexibility index (Phi) is 8.30. The zero-order valence-electron chi connectivity index (χ0n) is 20.9. The highest BCUT2D eigenvalue weighted by atomic mass is 19.1. The van der Waals surface area contributed by atoms with Gasteiger partial charge in [0.25, 0.3) is 5.91 Å². The lowest BCUT2D eigenvalue weighted by Gasteiger charge is -2.22. The summed E-state index contributed by atoms with van der Waals surface area (Å²) in [5.74, 6) is -0.107. The van der Waals surface area contributed by atoms with Crippen LogP contribution < -0.4 is 10.1 Å². The Labute approximate surface area is 215 Å². The lowest BCUT2D eigenvalue weighted by molar-refractivity contribution is -0.116. The van der Waals surface area contributed by atoms with Crippen LogP contribution in [0, 0.1) is 5.82 Å². The van der Waals surface area contributed by atoms with Crippen molar-refractivity contribution in [3.63, 3.8) is 0 Å². The first-order chi connectivity index (χ1) is 18.0. The number of aromatic nitrogens is 2. The van der Waals surface area contributed by atoms with Gasteiger partial charge in [-0.2, -0.15) is 5.10 Å². The average Bonchev–Trinajstić information content (AvgIpc) is 3.34. The van der Waals surface area contributed by atoms with Gasteiger partial charge in [0.1, 0.15) is 23.9 Å². The van der Waals surface area contributed by atoms with Crippen LogP contribution in [0.5, 0.6) is 5.75 Å². The van der Waals surface area contributed by atoms with Gasteiger partial charge in [0.2, 0.25) is 5.91 Å². The van der Waals surface area contributed by atoms with Crippen LogP contribution in [0.2, 0.25) is 0 Å². The number of anilines is 1. The first-order valence-corrected chi connectivity index (χ1v) is 12.1. The number of carbonyl (C=O) groups excluding carboxylic acids is 2. The first-order valence-electron chi connectivity index (χ1n) is 12.1. The molecule has 0 aliphatic heterocycles. The van der Waals surface area contributed by atoms with Crippen LogP contribution in [0.25, 0.3) is 16.9 Å². The van der Waals surface area contributed by atoms with Crippen molar-refractivity contribution in [1.82, 2.24) is 14.7 Å². The number of nitrogens with zero attached hydrogens (tertiary/aromatic N) is 3. The highest BCUT2D eigenvalue weighted by Crippen LogP contribution is 2.26. The van der Waals surface area contributed by atoms with Crippen molar-refractivity contribution in [2.75, 3.05) is 25.5 Å². The van der Waals surface area contributed by atoms with Crippen LogP contribution in [-0.4, -0.2) is 46.7 Å². The zero-order chi connectivity index (χ0) is 26.2. The summed E-state index contributed by atoms with van der Waals surface area (Å²) >= 11 is 0. The van der Waals surface area contributed by atoms with Crippen molar-refractivity contribution in [2.24, 2.45) is 0 Å². The van der Waals surface area contributed by atoms with Gasteiger partial charge in [-0.25, -0.2) is 9.07 Å². The molecule has 1 heterocycles. The number of benzene rings is 3. The lowest BCUT2D eigenvalue weighted by Crippen LogP contribution is -2.39. The van der Waals surface area contributed by atoms with E-state index in [0.29, 0.717) is 23.8 Å². The number of unbranched alkanes of at least 4 members (excludes halogenated alkanes) is 1. The molecular weight excluding hydrogens is 471 g/mol. The fraction of sp³-hybridized carbons (Fsp3) is 0.207. The Bertz CT molecular complexity index is 1350. The molecule has 0 atom stereocenters. The van der Waals surface area contributed by atoms with Gasteiger partial charge in [0.15, 0.2) is 0 Å². The summed E-state index contributed by atoms with van der Waals surface area (Å²) in [5.41, 5.74) is 2.53. The number of nitrogens with one attached hydrogen (secondary N) is 1. The molecule has 3 aromatic carbocycles. The molecule has 1 aromatic heterocycles. The molecule has 0 bridgehead atoms. The van der Waals surface area contributed by atoms with Crippen LogP contribution in [0.1, 0.15) is 30.1 Å². The number of halogens is 1. The number of amides is 2. The molecule has 0 aliphatic rings. The monoisotopic (exact) mass is 500 g/mol. The van der Waals surface area contributed by atoms with E-state index in [0.717, 1.165) is 24.1 Å². The third-order valence-corrected chi connectivity index (χ3v) is 5.84. The second kappa shape index (κ2) is 12.0. The third-order valence-electron chi connectivity index (χ3n) is 5.84. The van der Waals surface area contributed by atoms with Crippen LogP contribution in [0.15, 0.2) is 84.9 Å². The van der Waals surface area contributed by atoms with Crippen molar-refractivity contribution in [3.05, 3.63) is 96.3 Å². The van der Waals surface area contributed by atoms with Gasteiger partial charge in [0, 0.05) is 23.7 Å². The molecule has 1 N–H and O–H groups in total. The lowest BCUT2D eigenvalue weighted by atomic mass is 10.1. The maximum Gasteiger partial charge on any atom is 0.254 e. The molecular formula is C29H29FN4O3. The van der Waals surface area contributed by atoms with E-state index in [1.165, 1.54) is 23.1 Å². The average molecular weight is 501 g/mol. The summed E-state index contributed by atoms with van der Waals surface area (Å²) < 4.78 is 20.6. The number of hydrogen-bond acceptors (Lipinski definition) is 4. The summed E-state index contributed by atoms with van der Waals surface area (Å²) in [6.45, 7) is 2.21. The van der Waals surface area contributed by atoms with Gasteiger partial charge >= 0.3 is 0 Å². The number of methoxy groups -OCH3 is 1. The molecule has 0 saturated carbocycles. The molecule has 0 aliphatic carbocycles. The fourth-order valence-corrected chi connectivity index (χ4v) is 3.90. The summed E-state index contributed by atoms with van der Waals surface area (Å²) in [7, 11) is 1.59. The Morgan fingerprint density at radius 2 is 1.76 bits per heavy atom. The number of carbonyl (C=O) groups is 2. The van der Waals surface area contributed by atoms with Gasteiger partial charge in [-0.05, 0) is 48.9 Å². The predicted octanol–water partition coefficient (Wildman–Crippen LogP) is 5.57. The summed E-state index contributed by atoms with van der Waals surface area (Å²) in [4.78, 5) is 27.7. The van der Waals surface area contributed by atoms with Gasteiger partial charge in [0.05, 0.1) is 18.5 Å². The fourth-order valence-electron chi connectivity index (χ4n) is 3.90. The van der Waals surface area contributed by atoms with Crippen molar-refractivity contribution in [3.8, 4) is 22.7 Å². The van der Waals surface area contributed by atoms with E-state index in [9.17, 15) is 14.0 Å². The number of ether oxygens (including phenoxy) is 1. The topological polar surface area (TPSA) is 76.5 Å². The van der Waals surface area contributed by atoms with E-state index >= 15 is 0 Å². The molecule has 2 amide bonds. The number of hydrogen-bond donors (Lipinski definition) is 1. The van der Waals surface area contributed by atoms with Crippen molar-refractivity contribution >= 4 is 17.6 Å². The molecule has 190 valence electrons. The van der Waals surface area contributed by atoms with Crippen molar-refractivity contribution in [1.29, 1.82) is 0 Å². The van der Waals surface area contributed by atoms with Crippen LogP contribution in [0.4, 0.5) is 10.2 Å². The summed E-state index contributed by atoms with van der Waals surface area (Å²) in [6.07, 6.45) is 1.56. The zero-order valence-corrected chi connectivity index (χ0v) is 20.9. The van der Waals surface area contributed by atoms with Crippen LogP contribution in [-0.2, 0) is 4.79 Å². The molecule has 37 heavy (non-hydrogen) atoms. The maximum absolute atomic E-state index is 13.7. The minimum Gasteiger partial charge on any atom is -0.497 e. The SMILES string of the molecule is CCCCN(CC(=O)Nc1cc(-c2ccccc2)nn1-c1ccc(OC)cc1)C(=O)c1cccc(F)c1. The van der Waals surface area contributed by atoms with Gasteiger partial charge < -0.3 is 15.0 Å². The third kappa shape index (κ3) is 6.41. The minimum atomic E-state index is -0.498. The minimum absolute atomic E-state index is 0.177. The van der Waals surface area contributed by atoms with Gasteiger partial charge in [-0.3, -0.25) is 9.59 Å². The van der Waals surface area contributed by atoms with Crippen molar-refractivity contribution < 1.29 is 18.7 Å². The standard InChI is InChI=1S/C29H29FN4O3/c1-3-4-17-33(29(36)22-11-8-12-23(30)18-22)20-28(35)31-27-19-26(21-9-6-5-7-10-21)32-34(27)24-13-15-25(37-2)16-14-24/h5-16,18-19H,3-4,17,20H2,1-2H3,(H,31,35). The molecule has 0 spiro atoms. The Morgan fingerprint density at radius 1 is 1.00 bits per heavy atom.